The van der Waals surface area contributed by atoms with E-state index < -0.39 is 0 Å². The Morgan fingerprint density at radius 2 is 1.96 bits per heavy atom. The summed E-state index contributed by atoms with van der Waals surface area (Å²) in [4.78, 5) is 25.9. The number of carbonyl (C=O) groups is 1. The van der Waals surface area contributed by atoms with Gasteiger partial charge in [0.05, 0.1) is 26.3 Å². The largest absolute Gasteiger partial charge is 0.380 e. The molecule has 0 aliphatic rings. The van der Waals surface area contributed by atoms with Crippen LogP contribution in [0.5, 0.6) is 0 Å². The number of amides is 1. The minimum absolute atomic E-state index is 0.202. The van der Waals surface area contributed by atoms with E-state index in [0.29, 0.717) is 33.4 Å². The number of rotatable bonds is 7. The van der Waals surface area contributed by atoms with Gasteiger partial charge in [-0.05, 0) is 19.1 Å². The van der Waals surface area contributed by atoms with Crippen molar-refractivity contribution in [1.82, 2.24) is 15.4 Å². The Morgan fingerprint density at radius 3 is 2.67 bits per heavy atom. The van der Waals surface area contributed by atoms with Gasteiger partial charge in [0, 0.05) is 35.6 Å². The quantitative estimate of drug-likeness (QED) is 0.542. The zero-order chi connectivity index (χ0) is 19.2. The lowest BCUT2D eigenvalue weighted by atomic mass is 10.1. The minimum atomic E-state index is -0.364. The fourth-order valence-corrected chi connectivity index (χ4v) is 3.43. The van der Waals surface area contributed by atoms with Gasteiger partial charge in [0.1, 0.15) is 6.61 Å². The van der Waals surface area contributed by atoms with E-state index in [1.165, 1.54) is 23.7 Å². The van der Waals surface area contributed by atoms with Gasteiger partial charge in [0.2, 0.25) is 0 Å². The second-order valence-electron chi connectivity index (χ2n) is 5.56. The van der Waals surface area contributed by atoms with E-state index in [4.69, 9.17) is 28.0 Å². The number of nitrogens with one attached hydrogen (secondary N) is 2. The van der Waals surface area contributed by atoms with E-state index in [-0.39, 0.29) is 12.5 Å². The highest BCUT2D eigenvalue weighted by molar-refractivity contribution is 7.09. The highest BCUT2D eigenvalue weighted by Crippen LogP contribution is 2.25. The summed E-state index contributed by atoms with van der Waals surface area (Å²) in [6.07, 6.45) is 3.05. The summed E-state index contributed by atoms with van der Waals surface area (Å²) < 4.78 is 0. The summed E-state index contributed by atoms with van der Waals surface area (Å²) in [5, 5.41) is 6.93. The Balaban J connectivity index is 1.63. The number of thiazole rings is 1. The standard InChI is InChI=1S/C18H16Cl2N4O2S/c1-11-23-12(10-27-11)9-26-24-18(25)13-4-2-3-5-17(13)22-6-14-15(19)7-21-8-16(14)20/h2-5,7-8,10,22H,6,9H2,1H3,(H,24,25). The molecule has 0 aliphatic carbocycles. The summed E-state index contributed by atoms with van der Waals surface area (Å²) >= 11 is 13.8. The first kappa shape index (κ1) is 19.6. The summed E-state index contributed by atoms with van der Waals surface area (Å²) in [5.74, 6) is -0.364. The van der Waals surface area contributed by atoms with E-state index in [9.17, 15) is 4.79 Å². The van der Waals surface area contributed by atoms with Gasteiger partial charge in [0.25, 0.3) is 5.91 Å². The van der Waals surface area contributed by atoms with E-state index in [1.807, 2.05) is 18.4 Å². The summed E-state index contributed by atoms with van der Waals surface area (Å²) in [5.41, 5.74) is 4.99. The number of hydrogen-bond donors (Lipinski definition) is 2. The molecule has 1 aromatic carbocycles. The first-order valence-corrected chi connectivity index (χ1v) is 9.62. The number of hydrogen-bond acceptors (Lipinski definition) is 6. The molecule has 2 heterocycles. The topological polar surface area (TPSA) is 76.1 Å². The van der Waals surface area contributed by atoms with Crippen LogP contribution in [0.2, 0.25) is 10.0 Å². The zero-order valence-corrected chi connectivity index (χ0v) is 16.7. The Bertz CT molecular complexity index is 928. The van der Waals surface area contributed by atoms with Crippen molar-refractivity contribution < 1.29 is 9.63 Å². The molecule has 9 heteroatoms. The number of para-hydroxylation sites is 1. The van der Waals surface area contributed by atoms with Gasteiger partial charge < -0.3 is 5.32 Å². The lowest BCUT2D eigenvalue weighted by Gasteiger charge is -2.13. The third-order valence-corrected chi connectivity index (χ3v) is 5.10. The van der Waals surface area contributed by atoms with Crippen LogP contribution in [0.15, 0.2) is 42.0 Å². The third-order valence-electron chi connectivity index (χ3n) is 3.63. The van der Waals surface area contributed by atoms with Crippen LogP contribution < -0.4 is 10.8 Å². The van der Waals surface area contributed by atoms with Gasteiger partial charge in [-0.1, -0.05) is 35.3 Å². The molecule has 0 bridgehead atoms. The molecular weight excluding hydrogens is 407 g/mol. The predicted octanol–water partition coefficient (Wildman–Crippen LogP) is 4.63. The van der Waals surface area contributed by atoms with Crippen molar-refractivity contribution in [3.63, 3.8) is 0 Å². The molecule has 0 spiro atoms. The van der Waals surface area contributed by atoms with Crippen LogP contribution in [-0.4, -0.2) is 15.9 Å². The molecule has 3 rings (SSSR count). The Hall–Kier alpha value is -2.19. The molecule has 3 aromatic rings. The molecular formula is C18H16Cl2N4O2S. The first-order chi connectivity index (χ1) is 13.0. The summed E-state index contributed by atoms with van der Waals surface area (Å²) in [6.45, 7) is 2.47. The van der Waals surface area contributed by atoms with Crippen molar-refractivity contribution in [2.75, 3.05) is 5.32 Å². The molecule has 0 fully saturated rings. The van der Waals surface area contributed by atoms with Gasteiger partial charge in [-0.3, -0.25) is 14.6 Å². The van der Waals surface area contributed by atoms with Crippen LogP contribution in [0.4, 0.5) is 5.69 Å². The number of anilines is 1. The molecule has 2 N–H and O–H groups in total. The Kier molecular flexibility index (Phi) is 6.63. The van der Waals surface area contributed by atoms with Gasteiger partial charge in [-0.2, -0.15) is 0 Å². The van der Waals surface area contributed by atoms with Gasteiger partial charge in [0.15, 0.2) is 0 Å². The molecule has 0 radical (unpaired) electrons. The fourth-order valence-electron chi connectivity index (χ4n) is 2.33. The SMILES string of the molecule is Cc1nc(CONC(=O)c2ccccc2NCc2c(Cl)cncc2Cl)cs1. The number of hydroxylamine groups is 1. The molecule has 0 unspecified atom stereocenters. The van der Waals surface area contributed by atoms with Crippen LogP contribution in [0.25, 0.3) is 0 Å². The van der Waals surface area contributed by atoms with Crippen LogP contribution >= 0.6 is 34.5 Å². The molecule has 6 nitrogen and oxygen atoms in total. The maximum atomic E-state index is 12.5. The molecule has 0 saturated heterocycles. The monoisotopic (exact) mass is 422 g/mol. The van der Waals surface area contributed by atoms with Crippen molar-refractivity contribution in [3.8, 4) is 0 Å². The molecule has 2 aromatic heterocycles. The molecule has 1 amide bonds. The number of aromatic nitrogens is 2. The number of halogens is 2. The fraction of sp³-hybridized carbons (Fsp3) is 0.167. The Labute approximate surface area is 170 Å². The van der Waals surface area contributed by atoms with Gasteiger partial charge in [-0.25, -0.2) is 10.5 Å². The zero-order valence-electron chi connectivity index (χ0n) is 14.3. The third kappa shape index (κ3) is 5.17. The van der Waals surface area contributed by atoms with E-state index in [1.54, 1.807) is 18.2 Å². The van der Waals surface area contributed by atoms with E-state index in [2.05, 4.69) is 20.8 Å². The predicted molar refractivity (Wildman–Crippen MR) is 107 cm³/mol. The van der Waals surface area contributed by atoms with Crippen molar-refractivity contribution in [2.24, 2.45) is 0 Å². The normalized spacial score (nSPS) is 10.6. The highest BCUT2D eigenvalue weighted by atomic mass is 35.5. The van der Waals surface area contributed by atoms with Crippen molar-refractivity contribution >= 4 is 46.1 Å². The minimum Gasteiger partial charge on any atom is -0.380 e. The second kappa shape index (κ2) is 9.14. The highest BCUT2D eigenvalue weighted by Gasteiger charge is 2.13. The average Bonchev–Trinajstić information content (AvgIpc) is 3.07. The second-order valence-corrected chi connectivity index (χ2v) is 7.44. The molecule has 0 saturated carbocycles. The smallest absolute Gasteiger partial charge is 0.276 e. The number of pyridine rings is 1. The van der Waals surface area contributed by atoms with Gasteiger partial charge >= 0.3 is 0 Å². The van der Waals surface area contributed by atoms with Crippen LogP contribution in [-0.2, 0) is 18.0 Å². The van der Waals surface area contributed by atoms with Crippen molar-refractivity contribution in [3.05, 3.63) is 73.9 Å². The van der Waals surface area contributed by atoms with Crippen LogP contribution in [0.1, 0.15) is 26.6 Å². The molecule has 140 valence electrons. The maximum absolute atomic E-state index is 12.5. The lowest BCUT2D eigenvalue weighted by molar-refractivity contribution is 0.0224. The summed E-state index contributed by atoms with van der Waals surface area (Å²) in [7, 11) is 0. The van der Waals surface area contributed by atoms with Crippen molar-refractivity contribution in [2.45, 2.75) is 20.1 Å². The summed E-state index contributed by atoms with van der Waals surface area (Å²) in [6, 6.07) is 7.09. The molecule has 0 atom stereocenters. The van der Waals surface area contributed by atoms with E-state index >= 15 is 0 Å². The number of nitrogens with zero attached hydrogens (tertiary/aromatic N) is 2. The maximum Gasteiger partial charge on any atom is 0.276 e. The molecule has 27 heavy (non-hydrogen) atoms. The number of carbonyl (C=O) groups excluding carboxylic acids is 1. The van der Waals surface area contributed by atoms with Crippen LogP contribution in [0.3, 0.4) is 0 Å². The number of benzene rings is 1. The average molecular weight is 423 g/mol. The number of aryl methyl sites for hydroxylation is 1. The lowest BCUT2D eigenvalue weighted by Crippen LogP contribution is -2.24. The first-order valence-electron chi connectivity index (χ1n) is 7.98. The van der Waals surface area contributed by atoms with Crippen molar-refractivity contribution in [1.29, 1.82) is 0 Å². The van der Waals surface area contributed by atoms with Gasteiger partial charge in [-0.15, -0.1) is 11.3 Å². The Morgan fingerprint density at radius 1 is 1.22 bits per heavy atom. The molecule has 0 aliphatic heterocycles. The van der Waals surface area contributed by atoms with E-state index in [0.717, 1.165) is 10.7 Å². The van der Waals surface area contributed by atoms with Crippen LogP contribution in [0, 0.1) is 6.92 Å².